The molecule has 1 heterocycles. The van der Waals surface area contributed by atoms with Crippen LogP contribution in [0.2, 0.25) is 0 Å². The fourth-order valence-electron chi connectivity index (χ4n) is 1.05. The maximum Gasteiger partial charge on any atom is 0.0657 e. The SMILES string of the molecule is Cc1cc(N)cnc1C=CCCO. The first-order valence-electron chi connectivity index (χ1n) is 4.23. The Bertz CT molecular complexity index is 308. The maximum atomic E-state index is 8.57. The van der Waals surface area contributed by atoms with Crippen molar-refractivity contribution in [2.75, 3.05) is 12.3 Å². The lowest BCUT2D eigenvalue weighted by Crippen LogP contribution is -1.91. The second-order valence-corrected chi connectivity index (χ2v) is 2.89. The average molecular weight is 178 g/mol. The summed E-state index contributed by atoms with van der Waals surface area (Å²) in [5.41, 5.74) is 8.19. The molecule has 3 N–H and O–H groups in total. The first kappa shape index (κ1) is 9.74. The van der Waals surface area contributed by atoms with Gasteiger partial charge in [0.15, 0.2) is 0 Å². The Morgan fingerprint density at radius 2 is 2.38 bits per heavy atom. The number of nitrogens with two attached hydrogens (primary N) is 1. The fraction of sp³-hybridized carbons (Fsp3) is 0.300. The average Bonchev–Trinajstić information content (AvgIpc) is 2.09. The summed E-state index contributed by atoms with van der Waals surface area (Å²) in [4.78, 5) is 4.16. The van der Waals surface area contributed by atoms with Gasteiger partial charge >= 0.3 is 0 Å². The van der Waals surface area contributed by atoms with Crippen LogP contribution in [-0.4, -0.2) is 16.7 Å². The summed E-state index contributed by atoms with van der Waals surface area (Å²) in [5, 5.41) is 8.57. The molecule has 0 spiro atoms. The van der Waals surface area contributed by atoms with Crippen LogP contribution in [-0.2, 0) is 0 Å². The minimum absolute atomic E-state index is 0.171. The molecule has 0 bridgehead atoms. The molecule has 3 heteroatoms. The highest BCUT2D eigenvalue weighted by Crippen LogP contribution is 2.10. The van der Waals surface area contributed by atoms with E-state index in [9.17, 15) is 0 Å². The predicted molar refractivity (Wildman–Crippen MR) is 54.1 cm³/mol. The van der Waals surface area contributed by atoms with E-state index in [0.29, 0.717) is 12.1 Å². The number of aliphatic hydroxyl groups is 1. The zero-order valence-electron chi connectivity index (χ0n) is 7.70. The number of aliphatic hydroxyl groups excluding tert-OH is 1. The number of pyridine rings is 1. The number of hydrogen-bond acceptors (Lipinski definition) is 3. The Morgan fingerprint density at radius 3 is 3.00 bits per heavy atom. The van der Waals surface area contributed by atoms with E-state index in [0.717, 1.165) is 11.3 Å². The molecule has 1 aromatic rings. The van der Waals surface area contributed by atoms with Gasteiger partial charge in [-0.25, -0.2) is 0 Å². The molecule has 13 heavy (non-hydrogen) atoms. The normalized spacial score (nSPS) is 10.9. The Morgan fingerprint density at radius 1 is 1.62 bits per heavy atom. The van der Waals surface area contributed by atoms with Crippen molar-refractivity contribution in [1.82, 2.24) is 4.98 Å². The molecule has 0 aliphatic heterocycles. The Balaban J connectivity index is 2.77. The molecule has 0 aromatic carbocycles. The molecule has 0 saturated carbocycles. The van der Waals surface area contributed by atoms with Gasteiger partial charge in [-0.15, -0.1) is 0 Å². The standard InChI is InChI=1S/C10H14N2O/c1-8-6-9(11)7-12-10(8)4-2-3-5-13/h2,4,6-7,13H,3,5,11H2,1H3. The molecule has 0 atom stereocenters. The summed E-state index contributed by atoms with van der Waals surface area (Å²) < 4.78 is 0. The molecule has 0 unspecified atom stereocenters. The van der Waals surface area contributed by atoms with E-state index in [1.807, 2.05) is 25.1 Å². The van der Waals surface area contributed by atoms with Crippen molar-refractivity contribution in [3.05, 3.63) is 29.6 Å². The lowest BCUT2D eigenvalue weighted by Gasteiger charge is -1.99. The van der Waals surface area contributed by atoms with Crippen LogP contribution in [0.25, 0.3) is 6.08 Å². The van der Waals surface area contributed by atoms with Crippen molar-refractivity contribution in [2.45, 2.75) is 13.3 Å². The third-order valence-corrected chi connectivity index (χ3v) is 1.71. The number of aryl methyl sites for hydroxylation is 1. The van der Waals surface area contributed by atoms with Gasteiger partial charge in [-0.1, -0.05) is 6.08 Å². The second-order valence-electron chi connectivity index (χ2n) is 2.89. The molecule has 70 valence electrons. The van der Waals surface area contributed by atoms with Gasteiger partial charge < -0.3 is 10.8 Å². The summed E-state index contributed by atoms with van der Waals surface area (Å²) in [6.45, 7) is 2.13. The molecule has 0 fully saturated rings. The van der Waals surface area contributed by atoms with E-state index in [4.69, 9.17) is 10.8 Å². The number of hydrogen-bond donors (Lipinski definition) is 2. The van der Waals surface area contributed by atoms with Crippen LogP contribution in [0, 0.1) is 6.92 Å². The number of aromatic nitrogens is 1. The minimum Gasteiger partial charge on any atom is -0.397 e. The lowest BCUT2D eigenvalue weighted by atomic mass is 10.2. The van der Waals surface area contributed by atoms with Gasteiger partial charge in [-0.3, -0.25) is 4.98 Å². The van der Waals surface area contributed by atoms with E-state index in [2.05, 4.69) is 4.98 Å². The monoisotopic (exact) mass is 178 g/mol. The van der Waals surface area contributed by atoms with E-state index in [1.54, 1.807) is 6.20 Å². The number of anilines is 1. The Kier molecular flexibility index (Phi) is 3.46. The predicted octanol–water partition coefficient (Wildman–Crippen LogP) is 1.37. The molecular weight excluding hydrogens is 164 g/mol. The first-order valence-corrected chi connectivity index (χ1v) is 4.23. The molecule has 0 aliphatic carbocycles. The van der Waals surface area contributed by atoms with E-state index in [1.165, 1.54) is 0 Å². The summed E-state index contributed by atoms with van der Waals surface area (Å²) in [5.74, 6) is 0. The lowest BCUT2D eigenvalue weighted by molar-refractivity contribution is 0.303. The molecule has 0 aliphatic rings. The Labute approximate surface area is 77.9 Å². The van der Waals surface area contributed by atoms with Gasteiger partial charge in [0.2, 0.25) is 0 Å². The molecule has 0 amide bonds. The molecule has 0 radical (unpaired) electrons. The third kappa shape index (κ3) is 2.87. The highest BCUT2D eigenvalue weighted by atomic mass is 16.2. The molecule has 1 aromatic heterocycles. The molecular formula is C10H14N2O. The van der Waals surface area contributed by atoms with Crippen molar-refractivity contribution < 1.29 is 5.11 Å². The van der Waals surface area contributed by atoms with Crippen LogP contribution in [0.5, 0.6) is 0 Å². The van der Waals surface area contributed by atoms with Crippen molar-refractivity contribution in [3.8, 4) is 0 Å². The topological polar surface area (TPSA) is 59.1 Å². The smallest absolute Gasteiger partial charge is 0.0657 e. The largest absolute Gasteiger partial charge is 0.397 e. The van der Waals surface area contributed by atoms with Crippen LogP contribution in [0.15, 0.2) is 18.3 Å². The number of nitrogen functional groups attached to an aromatic ring is 1. The van der Waals surface area contributed by atoms with Crippen LogP contribution in [0.3, 0.4) is 0 Å². The van der Waals surface area contributed by atoms with Gasteiger partial charge in [-0.2, -0.15) is 0 Å². The Hall–Kier alpha value is -1.35. The van der Waals surface area contributed by atoms with Gasteiger partial charge in [0.05, 0.1) is 17.6 Å². The van der Waals surface area contributed by atoms with Crippen LogP contribution in [0.4, 0.5) is 5.69 Å². The van der Waals surface area contributed by atoms with Gasteiger partial charge in [0.25, 0.3) is 0 Å². The number of rotatable bonds is 3. The third-order valence-electron chi connectivity index (χ3n) is 1.71. The highest BCUT2D eigenvalue weighted by Gasteiger charge is 1.94. The van der Waals surface area contributed by atoms with Crippen molar-refractivity contribution >= 4 is 11.8 Å². The molecule has 0 saturated heterocycles. The zero-order chi connectivity index (χ0) is 9.68. The maximum absolute atomic E-state index is 8.57. The fourth-order valence-corrected chi connectivity index (χ4v) is 1.05. The van der Waals surface area contributed by atoms with Crippen molar-refractivity contribution in [3.63, 3.8) is 0 Å². The minimum atomic E-state index is 0.171. The summed E-state index contributed by atoms with van der Waals surface area (Å²) in [6, 6.07) is 1.88. The summed E-state index contributed by atoms with van der Waals surface area (Å²) in [7, 11) is 0. The summed E-state index contributed by atoms with van der Waals surface area (Å²) in [6.07, 6.45) is 6.08. The van der Waals surface area contributed by atoms with E-state index >= 15 is 0 Å². The van der Waals surface area contributed by atoms with E-state index < -0.39 is 0 Å². The van der Waals surface area contributed by atoms with E-state index in [-0.39, 0.29) is 6.61 Å². The highest BCUT2D eigenvalue weighted by molar-refractivity contribution is 5.52. The molecule has 1 rings (SSSR count). The van der Waals surface area contributed by atoms with Crippen molar-refractivity contribution in [2.24, 2.45) is 0 Å². The number of nitrogens with zero attached hydrogens (tertiary/aromatic N) is 1. The summed E-state index contributed by atoms with van der Waals surface area (Å²) >= 11 is 0. The van der Waals surface area contributed by atoms with Gasteiger partial charge in [0, 0.05) is 6.61 Å². The van der Waals surface area contributed by atoms with Crippen LogP contribution >= 0.6 is 0 Å². The van der Waals surface area contributed by atoms with Gasteiger partial charge in [-0.05, 0) is 31.1 Å². The van der Waals surface area contributed by atoms with Gasteiger partial charge in [0.1, 0.15) is 0 Å². The second kappa shape index (κ2) is 4.62. The quantitative estimate of drug-likeness (QED) is 0.734. The van der Waals surface area contributed by atoms with Crippen LogP contribution < -0.4 is 5.73 Å². The van der Waals surface area contributed by atoms with Crippen molar-refractivity contribution in [1.29, 1.82) is 0 Å². The van der Waals surface area contributed by atoms with Crippen LogP contribution in [0.1, 0.15) is 17.7 Å². The first-order chi connectivity index (χ1) is 6.24. The molecule has 3 nitrogen and oxygen atoms in total. The zero-order valence-corrected chi connectivity index (χ0v) is 7.70.